The molecule has 1 aromatic heterocycles. The summed E-state index contributed by atoms with van der Waals surface area (Å²) in [5, 5.41) is 8.79. The van der Waals surface area contributed by atoms with Gasteiger partial charge in [0.25, 0.3) is 0 Å². The molecule has 2 rings (SSSR count). The lowest BCUT2D eigenvalue weighted by Crippen LogP contribution is -2.09. The van der Waals surface area contributed by atoms with E-state index >= 15 is 0 Å². The number of rotatable bonds is 6. The van der Waals surface area contributed by atoms with Crippen LogP contribution in [0.15, 0.2) is 24.3 Å². The molecule has 1 aromatic carbocycles. The number of fused-ring (bicyclic) bond motifs is 1. The van der Waals surface area contributed by atoms with Crippen LogP contribution in [0.1, 0.15) is 12.2 Å². The number of benzene rings is 1. The SMILES string of the molecule is COCCc1nc2ccccc2n1CCC(=O)O. The van der Waals surface area contributed by atoms with Gasteiger partial charge in [0.2, 0.25) is 0 Å². The van der Waals surface area contributed by atoms with Gasteiger partial charge in [-0.15, -0.1) is 0 Å². The molecule has 0 radical (unpaired) electrons. The van der Waals surface area contributed by atoms with Crippen molar-refractivity contribution in [3.63, 3.8) is 0 Å². The topological polar surface area (TPSA) is 64.4 Å². The molecule has 0 unspecified atom stereocenters. The maximum atomic E-state index is 10.7. The van der Waals surface area contributed by atoms with Gasteiger partial charge in [0, 0.05) is 20.1 Å². The van der Waals surface area contributed by atoms with Gasteiger partial charge in [0.1, 0.15) is 5.82 Å². The van der Waals surface area contributed by atoms with E-state index in [-0.39, 0.29) is 6.42 Å². The second-order valence-corrected chi connectivity index (χ2v) is 4.05. The number of aryl methyl sites for hydroxylation is 1. The lowest BCUT2D eigenvalue weighted by atomic mass is 10.3. The van der Waals surface area contributed by atoms with Crippen LogP contribution in [0.3, 0.4) is 0 Å². The third kappa shape index (κ3) is 2.68. The standard InChI is InChI=1S/C13H16N2O3/c1-18-9-7-12-14-10-4-2-3-5-11(10)15(12)8-6-13(16)17/h2-5H,6-9H2,1H3,(H,16,17). The van der Waals surface area contributed by atoms with E-state index in [4.69, 9.17) is 9.84 Å². The highest BCUT2D eigenvalue weighted by molar-refractivity contribution is 5.76. The van der Waals surface area contributed by atoms with E-state index in [9.17, 15) is 4.79 Å². The Hall–Kier alpha value is -1.88. The fourth-order valence-electron chi connectivity index (χ4n) is 1.97. The van der Waals surface area contributed by atoms with Gasteiger partial charge < -0.3 is 14.4 Å². The van der Waals surface area contributed by atoms with E-state index < -0.39 is 5.97 Å². The summed E-state index contributed by atoms with van der Waals surface area (Å²) in [6.07, 6.45) is 0.783. The molecule has 0 amide bonds. The van der Waals surface area contributed by atoms with Gasteiger partial charge in [-0.25, -0.2) is 4.98 Å². The average molecular weight is 248 g/mol. The van der Waals surface area contributed by atoms with Crippen molar-refractivity contribution in [2.75, 3.05) is 13.7 Å². The smallest absolute Gasteiger partial charge is 0.305 e. The van der Waals surface area contributed by atoms with Crippen molar-refractivity contribution in [3.05, 3.63) is 30.1 Å². The Labute approximate surface area is 105 Å². The van der Waals surface area contributed by atoms with Crippen LogP contribution in [-0.4, -0.2) is 34.3 Å². The van der Waals surface area contributed by atoms with Gasteiger partial charge >= 0.3 is 5.97 Å². The Kier molecular flexibility index (Phi) is 3.94. The number of nitrogens with zero attached hydrogens (tertiary/aromatic N) is 2. The number of carbonyl (C=O) groups is 1. The normalized spacial score (nSPS) is 10.9. The van der Waals surface area contributed by atoms with Gasteiger partial charge in [-0.2, -0.15) is 0 Å². The molecule has 0 saturated carbocycles. The number of methoxy groups -OCH3 is 1. The summed E-state index contributed by atoms with van der Waals surface area (Å²) in [7, 11) is 1.64. The van der Waals surface area contributed by atoms with Crippen LogP contribution >= 0.6 is 0 Å². The van der Waals surface area contributed by atoms with Gasteiger partial charge in [-0.1, -0.05) is 12.1 Å². The number of para-hydroxylation sites is 2. The van der Waals surface area contributed by atoms with Gasteiger partial charge in [-0.3, -0.25) is 4.79 Å². The molecular formula is C13H16N2O3. The van der Waals surface area contributed by atoms with Crippen molar-refractivity contribution < 1.29 is 14.6 Å². The molecule has 0 fully saturated rings. The van der Waals surface area contributed by atoms with Crippen molar-refractivity contribution in [3.8, 4) is 0 Å². The number of carboxylic acids is 1. The van der Waals surface area contributed by atoms with Crippen LogP contribution in [0.25, 0.3) is 11.0 Å². The highest BCUT2D eigenvalue weighted by Crippen LogP contribution is 2.17. The van der Waals surface area contributed by atoms with E-state index in [1.807, 2.05) is 28.8 Å². The summed E-state index contributed by atoms with van der Waals surface area (Å²) in [6, 6.07) is 7.75. The van der Waals surface area contributed by atoms with Crippen LogP contribution in [0.2, 0.25) is 0 Å². The van der Waals surface area contributed by atoms with E-state index in [1.54, 1.807) is 7.11 Å². The van der Waals surface area contributed by atoms with Crippen LogP contribution < -0.4 is 0 Å². The number of aliphatic carboxylic acids is 1. The van der Waals surface area contributed by atoms with E-state index in [0.29, 0.717) is 19.6 Å². The third-order valence-corrected chi connectivity index (χ3v) is 2.81. The Balaban J connectivity index is 2.34. The second-order valence-electron chi connectivity index (χ2n) is 4.05. The summed E-state index contributed by atoms with van der Waals surface area (Å²) in [5.41, 5.74) is 1.87. The molecular weight excluding hydrogens is 232 g/mol. The van der Waals surface area contributed by atoms with Crippen molar-refractivity contribution >= 4 is 17.0 Å². The molecule has 0 spiro atoms. The first-order valence-electron chi connectivity index (χ1n) is 5.87. The highest BCUT2D eigenvalue weighted by atomic mass is 16.5. The molecule has 5 heteroatoms. The molecule has 1 N–H and O–H groups in total. The average Bonchev–Trinajstić information content (AvgIpc) is 2.71. The molecule has 96 valence electrons. The predicted octanol–water partition coefficient (Wildman–Crippen LogP) is 1.70. The molecule has 2 aromatic rings. The quantitative estimate of drug-likeness (QED) is 0.845. The van der Waals surface area contributed by atoms with Crippen LogP contribution in [0.5, 0.6) is 0 Å². The summed E-state index contributed by atoms with van der Waals surface area (Å²) in [6.45, 7) is 1.02. The molecule has 0 aliphatic carbocycles. The number of ether oxygens (including phenoxy) is 1. The van der Waals surface area contributed by atoms with E-state index in [2.05, 4.69) is 4.98 Å². The van der Waals surface area contributed by atoms with Crippen LogP contribution in [0, 0.1) is 0 Å². The van der Waals surface area contributed by atoms with E-state index in [1.165, 1.54) is 0 Å². The zero-order chi connectivity index (χ0) is 13.0. The highest BCUT2D eigenvalue weighted by Gasteiger charge is 2.11. The fraction of sp³-hybridized carbons (Fsp3) is 0.385. The Morgan fingerprint density at radius 1 is 1.44 bits per heavy atom. The maximum absolute atomic E-state index is 10.7. The molecule has 0 aliphatic heterocycles. The number of carboxylic acid groups (broad SMARTS) is 1. The monoisotopic (exact) mass is 248 g/mol. The first kappa shape index (κ1) is 12.6. The molecule has 5 nitrogen and oxygen atoms in total. The fourth-order valence-corrected chi connectivity index (χ4v) is 1.97. The van der Waals surface area contributed by atoms with Gasteiger partial charge in [0.15, 0.2) is 0 Å². The zero-order valence-corrected chi connectivity index (χ0v) is 10.3. The van der Waals surface area contributed by atoms with Crippen LogP contribution in [0.4, 0.5) is 0 Å². The Bertz CT molecular complexity index is 548. The molecule has 0 bridgehead atoms. The summed E-state index contributed by atoms with van der Waals surface area (Å²) < 4.78 is 7.01. The Morgan fingerprint density at radius 2 is 2.22 bits per heavy atom. The molecule has 0 aliphatic rings. The number of hydrogen-bond donors (Lipinski definition) is 1. The lowest BCUT2D eigenvalue weighted by molar-refractivity contribution is -0.137. The maximum Gasteiger partial charge on any atom is 0.305 e. The van der Waals surface area contributed by atoms with Crippen molar-refractivity contribution in [1.82, 2.24) is 9.55 Å². The number of imidazole rings is 1. The minimum absolute atomic E-state index is 0.0976. The molecule has 0 saturated heterocycles. The molecule has 18 heavy (non-hydrogen) atoms. The van der Waals surface area contributed by atoms with Crippen molar-refractivity contribution in [1.29, 1.82) is 0 Å². The van der Waals surface area contributed by atoms with Crippen molar-refractivity contribution in [2.45, 2.75) is 19.4 Å². The van der Waals surface area contributed by atoms with E-state index in [0.717, 1.165) is 16.9 Å². The second kappa shape index (κ2) is 5.64. The first-order chi connectivity index (χ1) is 8.72. The molecule has 1 heterocycles. The minimum atomic E-state index is -0.800. The minimum Gasteiger partial charge on any atom is -0.481 e. The number of hydrogen-bond acceptors (Lipinski definition) is 3. The summed E-state index contributed by atoms with van der Waals surface area (Å²) >= 11 is 0. The number of aromatic nitrogens is 2. The lowest BCUT2D eigenvalue weighted by Gasteiger charge is -2.07. The van der Waals surface area contributed by atoms with Gasteiger partial charge in [0.05, 0.1) is 24.1 Å². The van der Waals surface area contributed by atoms with Crippen LogP contribution in [-0.2, 0) is 22.5 Å². The Morgan fingerprint density at radius 3 is 2.94 bits per heavy atom. The zero-order valence-electron chi connectivity index (χ0n) is 10.3. The largest absolute Gasteiger partial charge is 0.481 e. The predicted molar refractivity (Wildman–Crippen MR) is 67.6 cm³/mol. The molecule has 0 atom stereocenters. The van der Waals surface area contributed by atoms with Gasteiger partial charge in [-0.05, 0) is 12.1 Å². The summed E-state index contributed by atoms with van der Waals surface area (Å²) in [5.74, 6) is 0.0739. The summed E-state index contributed by atoms with van der Waals surface area (Å²) in [4.78, 5) is 15.2. The van der Waals surface area contributed by atoms with Crippen molar-refractivity contribution in [2.24, 2.45) is 0 Å². The first-order valence-corrected chi connectivity index (χ1v) is 5.87. The third-order valence-electron chi connectivity index (χ3n) is 2.81.